The molecular weight excluding hydrogens is 284 g/mol. The van der Waals surface area contributed by atoms with Gasteiger partial charge in [0.1, 0.15) is 5.69 Å². The van der Waals surface area contributed by atoms with Gasteiger partial charge in [0, 0.05) is 12.1 Å². The van der Waals surface area contributed by atoms with Gasteiger partial charge in [-0.1, -0.05) is 23.4 Å². The molecule has 0 aliphatic heterocycles. The molecular formula is C19H22N4. The summed E-state index contributed by atoms with van der Waals surface area (Å²) in [5.41, 5.74) is 14.7. The molecule has 0 unspecified atom stereocenters. The Bertz CT molecular complexity index is 842. The molecule has 3 aromatic rings. The van der Waals surface area contributed by atoms with E-state index in [-0.39, 0.29) is 0 Å². The lowest BCUT2D eigenvalue weighted by Crippen LogP contribution is -2.03. The highest BCUT2D eigenvalue weighted by molar-refractivity contribution is 5.66. The predicted octanol–water partition coefficient (Wildman–Crippen LogP) is 3.63. The van der Waals surface area contributed by atoms with E-state index in [2.05, 4.69) is 74.4 Å². The summed E-state index contributed by atoms with van der Waals surface area (Å²) in [5, 5.41) is 8.64. The van der Waals surface area contributed by atoms with Crippen LogP contribution in [0, 0.1) is 27.7 Å². The van der Waals surface area contributed by atoms with Gasteiger partial charge >= 0.3 is 0 Å². The number of hydrogen-bond donors (Lipinski definition) is 1. The maximum Gasteiger partial charge on any atom is 0.105 e. The second-order valence-electron chi connectivity index (χ2n) is 6.15. The van der Waals surface area contributed by atoms with Crippen LogP contribution in [0.1, 0.15) is 27.9 Å². The fraction of sp³-hybridized carbons (Fsp3) is 0.263. The second kappa shape index (κ2) is 5.97. The molecule has 0 aliphatic rings. The van der Waals surface area contributed by atoms with Crippen LogP contribution in [0.2, 0.25) is 0 Å². The molecule has 118 valence electrons. The minimum Gasteiger partial charge on any atom is -0.325 e. The van der Waals surface area contributed by atoms with Gasteiger partial charge < -0.3 is 5.73 Å². The van der Waals surface area contributed by atoms with Crippen LogP contribution in [0.5, 0.6) is 0 Å². The van der Waals surface area contributed by atoms with E-state index < -0.39 is 0 Å². The molecule has 4 heteroatoms. The number of hydrogen-bond acceptors (Lipinski definition) is 3. The highest BCUT2D eigenvalue weighted by Gasteiger charge is 2.16. The van der Waals surface area contributed by atoms with Gasteiger partial charge in [-0.3, -0.25) is 0 Å². The first-order valence-corrected chi connectivity index (χ1v) is 7.80. The highest BCUT2D eigenvalue weighted by atomic mass is 15.4. The molecule has 1 heterocycles. The van der Waals surface area contributed by atoms with Crippen molar-refractivity contribution in [1.29, 1.82) is 0 Å². The topological polar surface area (TPSA) is 56.7 Å². The summed E-state index contributed by atoms with van der Waals surface area (Å²) in [7, 11) is 0. The van der Waals surface area contributed by atoms with Crippen molar-refractivity contribution in [3.8, 4) is 16.9 Å². The molecule has 0 saturated heterocycles. The molecule has 0 aliphatic carbocycles. The van der Waals surface area contributed by atoms with E-state index in [1.807, 2.05) is 4.68 Å². The Morgan fingerprint density at radius 2 is 1.61 bits per heavy atom. The molecule has 0 amide bonds. The molecule has 0 fully saturated rings. The lowest BCUT2D eigenvalue weighted by molar-refractivity contribution is 0.798. The summed E-state index contributed by atoms with van der Waals surface area (Å²) in [5.74, 6) is 0. The summed E-state index contributed by atoms with van der Waals surface area (Å²) >= 11 is 0. The zero-order valence-electron chi connectivity index (χ0n) is 14.1. The van der Waals surface area contributed by atoms with Crippen LogP contribution in [-0.4, -0.2) is 15.0 Å². The molecule has 2 N–H and O–H groups in total. The van der Waals surface area contributed by atoms with E-state index in [0.29, 0.717) is 6.54 Å². The Morgan fingerprint density at radius 3 is 2.22 bits per heavy atom. The minimum atomic E-state index is 0.368. The van der Waals surface area contributed by atoms with Crippen molar-refractivity contribution in [1.82, 2.24) is 15.0 Å². The molecule has 0 radical (unpaired) electrons. The minimum absolute atomic E-state index is 0.368. The zero-order valence-corrected chi connectivity index (χ0v) is 14.1. The lowest BCUT2D eigenvalue weighted by Gasteiger charge is -2.11. The average Bonchev–Trinajstić information content (AvgIpc) is 2.93. The number of nitrogens with two attached hydrogens (primary N) is 1. The monoisotopic (exact) mass is 306 g/mol. The van der Waals surface area contributed by atoms with Crippen LogP contribution < -0.4 is 5.73 Å². The maximum absolute atomic E-state index is 5.89. The molecule has 2 aromatic carbocycles. The van der Waals surface area contributed by atoms with Crippen LogP contribution in [0.4, 0.5) is 0 Å². The van der Waals surface area contributed by atoms with Crippen molar-refractivity contribution in [2.45, 2.75) is 34.2 Å². The first kappa shape index (κ1) is 15.4. The van der Waals surface area contributed by atoms with Crippen molar-refractivity contribution in [3.63, 3.8) is 0 Å². The zero-order chi connectivity index (χ0) is 16.6. The Kier molecular flexibility index (Phi) is 4.01. The summed E-state index contributed by atoms with van der Waals surface area (Å²) in [6.45, 7) is 8.78. The largest absolute Gasteiger partial charge is 0.325 e. The van der Waals surface area contributed by atoms with Gasteiger partial charge in [0.05, 0.1) is 11.4 Å². The quantitative estimate of drug-likeness (QED) is 0.804. The maximum atomic E-state index is 5.89. The van der Waals surface area contributed by atoms with Crippen LogP contribution in [-0.2, 0) is 6.54 Å². The molecule has 0 saturated carbocycles. The SMILES string of the molecule is Cc1cc(C)cc(-n2nnc(CN)c2-c2ccc(C)c(C)c2)c1. The molecule has 3 rings (SSSR count). The Morgan fingerprint density at radius 1 is 0.913 bits per heavy atom. The third-order valence-electron chi connectivity index (χ3n) is 4.16. The van der Waals surface area contributed by atoms with E-state index in [1.54, 1.807) is 0 Å². The smallest absolute Gasteiger partial charge is 0.105 e. The van der Waals surface area contributed by atoms with Crippen molar-refractivity contribution < 1.29 is 0 Å². The molecule has 1 aromatic heterocycles. The third kappa shape index (κ3) is 2.90. The van der Waals surface area contributed by atoms with Gasteiger partial charge in [-0.05, 0) is 68.1 Å². The van der Waals surface area contributed by atoms with Gasteiger partial charge in [0.15, 0.2) is 0 Å². The summed E-state index contributed by atoms with van der Waals surface area (Å²) in [6, 6.07) is 12.8. The fourth-order valence-corrected chi connectivity index (χ4v) is 2.88. The average molecular weight is 306 g/mol. The van der Waals surface area contributed by atoms with Gasteiger partial charge in [-0.2, -0.15) is 0 Å². The Hall–Kier alpha value is -2.46. The standard InChI is InChI=1S/C19H22N4/c1-12-7-13(2)9-17(8-12)23-19(18(11-20)21-22-23)16-6-5-14(3)15(4)10-16/h5-10H,11,20H2,1-4H3. The van der Waals surface area contributed by atoms with Gasteiger partial charge in [0.2, 0.25) is 0 Å². The highest BCUT2D eigenvalue weighted by Crippen LogP contribution is 2.27. The van der Waals surface area contributed by atoms with Crippen molar-refractivity contribution >= 4 is 0 Å². The van der Waals surface area contributed by atoms with Crippen LogP contribution >= 0.6 is 0 Å². The Labute approximate surface area is 137 Å². The molecule has 0 spiro atoms. The van der Waals surface area contributed by atoms with Crippen LogP contribution in [0.25, 0.3) is 16.9 Å². The Balaban J connectivity index is 2.23. The van der Waals surface area contributed by atoms with E-state index in [9.17, 15) is 0 Å². The molecule has 23 heavy (non-hydrogen) atoms. The normalized spacial score (nSPS) is 11.0. The van der Waals surface area contributed by atoms with Gasteiger partial charge in [0.25, 0.3) is 0 Å². The van der Waals surface area contributed by atoms with E-state index in [0.717, 1.165) is 22.6 Å². The number of aromatic nitrogens is 3. The predicted molar refractivity (Wildman–Crippen MR) is 93.6 cm³/mol. The van der Waals surface area contributed by atoms with Gasteiger partial charge in [-0.15, -0.1) is 5.10 Å². The molecule has 0 bridgehead atoms. The third-order valence-corrected chi connectivity index (χ3v) is 4.16. The fourth-order valence-electron chi connectivity index (χ4n) is 2.88. The summed E-state index contributed by atoms with van der Waals surface area (Å²) < 4.78 is 1.90. The van der Waals surface area contributed by atoms with E-state index in [4.69, 9.17) is 5.73 Å². The number of aryl methyl sites for hydroxylation is 4. The number of nitrogens with zero attached hydrogens (tertiary/aromatic N) is 3. The molecule has 4 nitrogen and oxygen atoms in total. The number of rotatable bonds is 3. The van der Waals surface area contributed by atoms with Gasteiger partial charge in [-0.25, -0.2) is 4.68 Å². The lowest BCUT2D eigenvalue weighted by atomic mass is 10.0. The van der Waals surface area contributed by atoms with Crippen molar-refractivity contribution in [2.24, 2.45) is 5.73 Å². The van der Waals surface area contributed by atoms with Crippen molar-refractivity contribution in [3.05, 3.63) is 64.3 Å². The second-order valence-corrected chi connectivity index (χ2v) is 6.15. The number of benzene rings is 2. The van der Waals surface area contributed by atoms with E-state index in [1.165, 1.54) is 22.3 Å². The first-order chi connectivity index (χ1) is 11.0. The molecule has 0 atom stereocenters. The van der Waals surface area contributed by atoms with Crippen molar-refractivity contribution in [2.75, 3.05) is 0 Å². The van der Waals surface area contributed by atoms with Crippen LogP contribution in [0.3, 0.4) is 0 Å². The first-order valence-electron chi connectivity index (χ1n) is 7.80. The summed E-state index contributed by atoms with van der Waals surface area (Å²) in [4.78, 5) is 0. The van der Waals surface area contributed by atoms with E-state index >= 15 is 0 Å². The summed E-state index contributed by atoms with van der Waals surface area (Å²) in [6.07, 6.45) is 0. The van der Waals surface area contributed by atoms with Crippen LogP contribution in [0.15, 0.2) is 36.4 Å².